The van der Waals surface area contributed by atoms with E-state index in [1.54, 1.807) is 25.7 Å². The summed E-state index contributed by atoms with van der Waals surface area (Å²) in [6.07, 6.45) is 0.441. The molecule has 6 aromatic rings. The van der Waals surface area contributed by atoms with E-state index in [9.17, 15) is 4.79 Å². The first-order chi connectivity index (χ1) is 28.1. The van der Waals surface area contributed by atoms with Gasteiger partial charge in [-0.05, 0) is 86.1 Å². The van der Waals surface area contributed by atoms with Gasteiger partial charge >= 0.3 is 5.97 Å². The number of hydroxylamine groups is 1. The topological polar surface area (TPSA) is 84.9 Å². The lowest BCUT2D eigenvalue weighted by molar-refractivity contribution is -0.160. The average molecular weight is 773 g/mol. The Hall–Kier alpha value is -6.31. The fourth-order valence-corrected chi connectivity index (χ4v) is 7.47. The molecule has 0 heterocycles. The molecule has 0 saturated carbocycles. The molecular weight excluding hydrogens is 721 g/mol. The third-order valence-corrected chi connectivity index (χ3v) is 10.2. The van der Waals surface area contributed by atoms with Crippen LogP contribution in [0.15, 0.2) is 176 Å². The molecule has 58 heavy (non-hydrogen) atoms. The van der Waals surface area contributed by atoms with E-state index in [4.69, 9.17) is 9.57 Å². The zero-order chi connectivity index (χ0) is 41.0. The number of hydrogen-bond acceptors (Lipinski definition) is 5. The molecule has 2 atom stereocenters. The largest absolute Gasteiger partial charge is 0.460 e. The predicted molar refractivity (Wildman–Crippen MR) is 231 cm³/mol. The third kappa shape index (κ3) is 10.2. The summed E-state index contributed by atoms with van der Waals surface area (Å²) in [4.78, 5) is 52.2. The highest BCUT2D eigenvalue weighted by atomic mass is 16.7. The number of aryl methyl sites for hydroxylation is 1. The minimum Gasteiger partial charge on any atom is -0.460 e. The Balaban J connectivity index is 1.41. The fraction of sp³-hybridized carbons (Fsp3) is 0.235. The number of nitrogens with zero attached hydrogens (tertiary/aromatic N) is 1. The molecule has 1 N–H and O–H groups in total. The Morgan fingerprint density at radius 1 is 0.586 bits per heavy atom. The fourth-order valence-electron chi connectivity index (χ4n) is 7.47. The van der Waals surface area contributed by atoms with E-state index in [0.29, 0.717) is 18.7 Å². The summed E-state index contributed by atoms with van der Waals surface area (Å²) in [6, 6.07) is 56.8. The van der Waals surface area contributed by atoms with Gasteiger partial charge in [-0.2, -0.15) is 0 Å². The molecule has 296 valence electrons. The summed E-state index contributed by atoms with van der Waals surface area (Å²) in [7, 11) is 0. The van der Waals surface area contributed by atoms with Crippen LogP contribution in [0.1, 0.15) is 62.8 Å². The van der Waals surface area contributed by atoms with Crippen LogP contribution in [0.25, 0.3) is 11.1 Å². The predicted octanol–water partition coefficient (Wildman–Crippen LogP) is 10.3. The van der Waals surface area contributed by atoms with Gasteiger partial charge in [0.25, 0.3) is 0 Å². The van der Waals surface area contributed by atoms with Crippen molar-refractivity contribution in [3.8, 4) is 11.1 Å². The standard InChI is InChI=1S/C51H52N2O5/c1-5-53(44-34-32-40(33-35-44)39-23-13-7-14-24-39)49(56)46(37-47(54)57-50(2,3)4)45(36-31-38-21-11-6-12-22-38)48(55)52-58-51(41-25-15-8-16-26-41,42-27-17-9-18-28-42)43-29-19-10-20-30-43/h6-30,32-35,45-46H,5,31,36-37H2,1-4H3,(H,52,55). The normalized spacial score (nSPS) is 12.6. The minimum absolute atomic E-state index is 0.262. The molecule has 2 unspecified atom stereocenters. The first-order valence-electron chi connectivity index (χ1n) is 20.0. The van der Waals surface area contributed by atoms with Crippen molar-refractivity contribution in [1.29, 1.82) is 0 Å². The minimum atomic E-state index is -1.26. The Morgan fingerprint density at radius 2 is 1.03 bits per heavy atom. The number of esters is 1. The zero-order valence-electron chi connectivity index (χ0n) is 33.7. The number of anilines is 1. The molecule has 0 spiro atoms. The van der Waals surface area contributed by atoms with Crippen molar-refractivity contribution < 1.29 is 24.0 Å². The van der Waals surface area contributed by atoms with Gasteiger partial charge in [-0.3, -0.25) is 19.2 Å². The molecule has 0 aliphatic carbocycles. The van der Waals surface area contributed by atoms with Crippen LogP contribution >= 0.6 is 0 Å². The number of carbonyl (C=O) groups is 3. The first-order valence-corrected chi connectivity index (χ1v) is 20.0. The summed E-state index contributed by atoms with van der Waals surface area (Å²) in [5, 5.41) is 0. The number of rotatable bonds is 16. The molecule has 0 aliphatic heterocycles. The van der Waals surface area contributed by atoms with Gasteiger partial charge in [0.05, 0.1) is 18.3 Å². The van der Waals surface area contributed by atoms with Crippen LogP contribution in [0, 0.1) is 11.8 Å². The SMILES string of the molecule is CCN(C(=O)C(CC(=O)OC(C)(C)C)C(CCc1ccccc1)C(=O)NOC(c1ccccc1)(c1ccccc1)c1ccccc1)c1ccc(-c2ccccc2)cc1. The smallest absolute Gasteiger partial charge is 0.307 e. The Labute approximate surface area is 342 Å². The van der Waals surface area contributed by atoms with E-state index in [1.807, 2.05) is 183 Å². The third-order valence-electron chi connectivity index (χ3n) is 10.2. The average Bonchev–Trinajstić information content (AvgIpc) is 3.25. The van der Waals surface area contributed by atoms with Crippen LogP contribution in [0.2, 0.25) is 0 Å². The van der Waals surface area contributed by atoms with Gasteiger partial charge in [-0.25, -0.2) is 5.48 Å². The quantitative estimate of drug-likeness (QED) is 0.0602. The Morgan fingerprint density at radius 3 is 1.50 bits per heavy atom. The molecule has 7 heteroatoms. The molecule has 0 bridgehead atoms. The van der Waals surface area contributed by atoms with E-state index < -0.39 is 34.9 Å². The van der Waals surface area contributed by atoms with Crippen LogP contribution in [-0.2, 0) is 36.0 Å². The van der Waals surface area contributed by atoms with Crippen LogP contribution in [0.4, 0.5) is 5.69 Å². The van der Waals surface area contributed by atoms with Gasteiger partial charge in [0.15, 0.2) is 5.60 Å². The van der Waals surface area contributed by atoms with Gasteiger partial charge in [-0.15, -0.1) is 0 Å². The molecule has 7 nitrogen and oxygen atoms in total. The van der Waals surface area contributed by atoms with Crippen molar-refractivity contribution in [2.24, 2.45) is 11.8 Å². The second-order valence-electron chi connectivity index (χ2n) is 15.4. The van der Waals surface area contributed by atoms with Gasteiger partial charge < -0.3 is 9.64 Å². The highest BCUT2D eigenvalue weighted by molar-refractivity contribution is 5.99. The van der Waals surface area contributed by atoms with Gasteiger partial charge in [0.1, 0.15) is 5.60 Å². The van der Waals surface area contributed by atoms with Crippen LogP contribution in [-0.4, -0.2) is 29.9 Å². The lowest BCUT2D eigenvalue weighted by Crippen LogP contribution is -2.48. The van der Waals surface area contributed by atoms with E-state index in [-0.39, 0.29) is 18.7 Å². The number of carbonyl (C=O) groups excluding carboxylic acids is 3. The summed E-state index contributed by atoms with van der Waals surface area (Å²) in [5.41, 5.74) is 6.94. The first kappa shape index (κ1) is 41.3. The van der Waals surface area contributed by atoms with E-state index >= 15 is 9.59 Å². The molecule has 6 aromatic carbocycles. The maximum atomic E-state index is 15.1. The van der Waals surface area contributed by atoms with Gasteiger partial charge in [0, 0.05) is 12.2 Å². The van der Waals surface area contributed by atoms with Crippen LogP contribution in [0.5, 0.6) is 0 Å². The summed E-state index contributed by atoms with van der Waals surface area (Å²) >= 11 is 0. The number of benzene rings is 6. The van der Waals surface area contributed by atoms with Gasteiger partial charge in [0.2, 0.25) is 11.8 Å². The molecule has 6 rings (SSSR count). The second kappa shape index (κ2) is 19.2. The molecule has 0 fully saturated rings. The van der Waals surface area contributed by atoms with E-state index in [1.165, 1.54) is 0 Å². The van der Waals surface area contributed by atoms with Crippen molar-refractivity contribution >= 4 is 23.5 Å². The number of ether oxygens (including phenoxy) is 1. The number of nitrogens with one attached hydrogen (secondary N) is 1. The molecule has 0 aliphatic rings. The van der Waals surface area contributed by atoms with Crippen LogP contribution < -0.4 is 10.4 Å². The Bertz CT molecular complexity index is 2110. The van der Waals surface area contributed by atoms with Gasteiger partial charge in [-0.1, -0.05) is 164 Å². The lowest BCUT2D eigenvalue weighted by atomic mass is 9.80. The molecule has 2 amide bonds. The van der Waals surface area contributed by atoms with Crippen molar-refractivity contribution in [2.45, 2.75) is 58.2 Å². The van der Waals surface area contributed by atoms with Crippen molar-refractivity contribution in [2.75, 3.05) is 11.4 Å². The summed E-state index contributed by atoms with van der Waals surface area (Å²) < 4.78 is 5.81. The van der Waals surface area contributed by atoms with Crippen molar-refractivity contribution in [1.82, 2.24) is 5.48 Å². The van der Waals surface area contributed by atoms with Crippen LogP contribution in [0.3, 0.4) is 0 Å². The zero-order valence-corrected chi connectivity index (χ0v) is 33.7. The monoisotopic (exact) mass is 772 g/mol. The molecule has 0 saturated heterocycles. The number of hydrogen-bond donors (Lipinski definition) is 1. The Kier molecular flexibility index (Phi) is 13.7. The highest BCUT2D eigenvalue weighted by Crippen LogP contribution is 2.40. The highest BCUT2D eigenvalue weighted by Gasteiger charge is 2.42. The molecule has 0 aromatic heterocycles. The summed E-state index contributed by atoms with van der Waals surface area (Å²) in [6.45, 7) is 7.58. The number of amides is 2. The van der Waals surface area contributed by atoms with E-state index in [2.05, 4.69) is 5.48 Å². The maximum Gasteiger partial charge on any atom is 0.307 e. The lowest BCUT2D eigenvalue weighted by Gasteiger charge is -2.36. The molecule has 0 radical (unpaired) electrons. The second-order valence-corrected chi connectivity index (χ2v) is 15.4. The van der Waals surface area contributed by atoms with E-state index in [0.717, 1.165) is 33.4 Å². The van der Waals surface area contributed by atoms with Crippen molar-refractivity contribution in [3.63, 3.8) is 0 Å². The summed E-state index contributed by atoms with van der Waals surface area (Å²) in [5.74, 6) is -3.50. The molecular formula is C51H52N2O5. The van der Waals surface area contributed by atoms with Crippen molar-refractivity contribution in [3.05, 3.63) is 198 Å². The maximum absolute atomic E-state index is 15.1.